The molecule has 0 fully saturated rings. The summed E-state index contributed by atoms with van der Waals surface area (Å²) in [6, 6.07) is 14.1. The number of hydrogen-bond acceptors (Lipinski definition) is 2. The molecule has 0 aliphatic heterocycles. The van der Waals surface area contributed by atoms with Crippen LogP contribution in [0.4, 0.5) is 5.69 Å². The molecule has 2 aromatic carbocycles. The molecule has 0 amide bonds. The number of anilines is 1. The van der Waals surface area contributed by atoms with E-state index < -0.39 is 0 Å². The summed E-state index contributed by atoms with van der Waals surface area (Å²) in [4.78, 5) is 2.00. The molecule has 15 heavy (non-hydrogen) atoms. The Balaban J connectivity index is 0.000000245. The number of hydrogen-bond donors (Lipinski definition) is 1. The summed E-state index contributed by atoms with van der Waals surface area (Å²) in [6.07, 6.45) is 0. The summed E-state index contributed by atoms with van der Waals surface area (Å²) in [7, 11) is 6.00. The molecule has 0 aliphatic rings. The molecule has 2 nitrogen and oxygen atoms in total. The fourth-order valence-corrected chi connectivity index (χ4v) is 1.21. The molecule has 0 unspecified atom stereocenters. The Morgan fingerprint density at radius 1 is 0.867 bits per heavy atom. The van der Waals surface area contributed by atoms with E-state index in [1.807, 2.05) is 56.4 Å². The minimum Gasteiger partial charge on any atom is -0.399 e. The second-order valence-electron chi connectivity index (χ2n) is 3.95. The minimum absolute atomic E-state index is 0.823. The van der Waals surface area contributed by atoms with Crippen LogP contribution in [0.25, 0.3) is 10.8 Å². The van der Waals surface area contributed by atoms with E-state index >= 15 is 0 Å². The number of nitrogen functional groups attached to an aromatic ring is 1. The molecule has 0 heterocycles. The summed E-state index contributed by atoms with van der Waals surface area (Å²) in [5, 5.41) is 2.44. The molecule has 0 spiro atoms. The van der Waals surface area contributed by atoms with E-state index in [2.05, 4.69) is 12.1 Å². The van der Waals surface area contributed by atoms with Crippen LogP contribution in [0.2, 0.25) is 0 Å². The van der Waals surface area contributed by atoms with Gasteiger partial charge in [0, 0.05) is 5.69 Å². The van der Waals surface area contributed by atoms with E-state index in [1.165, 1.54) is 10.8 Å². The lowest BCUT2D eigenvalue weighted by Crippen LogP contribution is -1.99. The Kier molecular flexibility index (Phi) is 4.13. The summed E-state index contributed by atoms with van der Waals surface area (Å²) < 4.78 is 0. The van der Waals surface area contributed by atoms with Crippen molar-refractivity contribution in [2.45, 2.75) is 0 Å². The third-order valence-electron chi connectivity index (χ3n) is 1.77. The number of nitrogens with zero attached hydrogens (tertiary/aromatic N) is 1. The Hall–Kier alpha value is -1.54. The van der Waals surface area contributed by atoms with Crippen LogP contribution >= 0.6 is 0 Å². The highest BCUT2D eigenvalue weighted by atomic mass is 15.0. The molecule has 0 radical (unpaired) electrons. The van der Waals surface area contributed by atoms with Crippen LogP contribution in [0.15, 0.2) is 42.5 Å². The molecule has 80 valence electrons. The van der Waals surface area contributed by atoms with Gasteiger partial charge in [0.2, 0.25) is 0 Å². The fraction of sp³-hybridized carbons (Fsp3) is 0.231. The van der Waals surface area contributed by atoms with Crippen LogP contribution in [0.5, 0.6) is 0 Å². The van der Waals surface area contributed by atoms with Crippen molar-refractivity contribution in [3.63, 3.8) is 0 Å². The molecule has 2 N–H and O–H groups in total. The maximum atomic E-state index is 5.62. The summed E-state index contributed by atoms with van der Waals surface area (Å²) in [5.74, 6) is 0. The van der Waals surface area contributed by atoms with Crippen LogP contribution in [-0.2, 0) is 0 Å². The topological polar surface area (TPSA) is 29.3 Å². The van der Waals surface area contributed by atoms with Crippen molar-refractivity contribution in [2.24, 2.45) is 0 Å². The van der Waals surface area contributed by atoms with Crippen LogP contribution in [-0.4, -0.2) is 26.0 Å². The van der Waals surface area contributed by atoms with Gasteiger partial charge in [-0.3, -0.25) is 0 Å². The molecule has 0 bridgehead atoms. The summed E-state index contributed by atoms with van der Waals surface area (Å²) in [6.45, 7) is 0. The zero-order valence-electron chi connectivity index (χ0n) is 9.57. The zero-order chi connectivity index (χ0) is 11.3. The summed E-state index contributed by atoms with van der Waals surface area (Å²) in [5.41, 5.74) is 6.45. The monoisotopic (exact) mass is 202 g/mol. The number of fused-ring (bicyclic) bond motifs is 1. The van der Waals surface area contributed by atoms with Gasteiger partial charge in [0.15, 0.2) is 0 Å². The van der Waals surface area contributed by atoms with Crippen LogP contribution in [0.1, 0.15) is 0 Å². The van der Waals surface area contributed by atoms with Gasteiger partial charge in [-0.1, -0.05) is 30.3 Å². The zero-order valence-corrected chi connectivity index (χ0v) is 9.57. The van der Waals surface area contributed by atoms with Crippen molar-refractivity contribution in [1.82, 2.24) is 4.90 Å². The van der Waals surface area contributed by atoms with Gasteiger partial charge in [-0.15, -0.1) is 0 Å². The highest BCUT2D eigenvalue weighted by Gasteiger charge is 1.89. The fourth-order valence-electron chi connectivity index (χ4n) is 1.21. The van der Waals surface area contributed by atoms with Crippen LogP contribution in [0, 0.1) is 0 Å². The first-order chi connectivity index (χ1) is 7.09. The molecule has 0 aromatic heterocycles. The van der Waals surface area contributed by atoms with Gasteiger partial charge in [-0.25, -0.2) is 0 Å². The third kappa shape index (κ3) is 4.00. The van der Waals surface area contributed by atoms with Crippen molar-refractivity contribution in [2.75, 3.05) is 26.9 Å². The normalized spacial score (nSPS) is 9.87. The predicted molar refractivity (Wildman–Crippen MR) is 68.0 cm³/mol. The molecule has 2 heteroatoms. The highest BCUT2D eigenvalue weighted by Crippen LogP contribution is 2.15. The van der Waals surface area contributed by atoms with Crippen molar-refractivity contribution in [3.05, 3.63) is 42.5 Å². The maximum absolute atomic E-state index is 5.62. The van der Waals surface area contributed by atoms with Crippen LogP contribution in [0.3, 0.4) is 0 Å². The van der Waals surface area contributed by atoms with Gasteiger partial charge >= 0.3 is 0 Å². The Bertz CT molecular complexity index is 419. The quantitative estimate of drug-likeness (QED) is 0.665. The van der Waals surface area contributed by atoms with Gasteiger partial charge in [-0.2, -0.15) is 0 Å². The van der Waals surface area contributed by atoms with Gasteiger partial charge in [0.05, 0.1) is 0 Å². The SMILES string of the molecule is CN(C)C.Nc1ccc2ccccc2c1. The molecular weight excluding hydrogens is 184 g/mol. The van der Waals surface area contributed by atoms with E-state index in [4.69, 9.17) is 5.73 Å². The van der Waals surface area contributed by atoms with Gasteiger partial charge in [0.25, 0.3) is 0 Å². The largest absolute Gasteiger partial charge is 0.399 e. The molecule has 0 saturated heterocycles. The third-order valence-corrected chi connectivity index (χ3v) is 1.77. The Morgan fingerprint density at radius 3 is 2.00 bits per heavy atom. The van der Waals surface area contributed by atoms with E-state index in [9.17, 15) is 0 Å². The minimum atomic E-state index is 0.823. The van der Waals surface area contributed by atoms with Crippen molar-refractivity contribution in [1.29, 1.82) is 0 Å². The lowest BCUT2D eigenvalue weighted by atomic mass is 10.1. The molecule has 2 aromatic rings. The Labute approximate surface area is 91.3 Å². The second kappa shape index (κ2) is 5.37. The lowest BCUT2D eigenvalue weighted by Gasteiger charge is -1.96. The van der Waals surface area contributed by atoms with Crippen molar-refractivity contribution in [3.8, 4) is 0 Å². The predicted octanol–water partition coefficient (Wildman–Crippen LogP) is 2.60. The second-order valence-corrected chi connectivity index (χ2v) is 3.95. The van der Waals surface area contributed by atoms with Crippen molar-refractivity contribution >= 4 is 16.5 Å². The first-order valence-corrected chi connectivity index (χ1v) is 4.95. The standard InChI is InChI=1S/C10H9N.C3H9N/c11-10-6-5-8-3-1-2-4-9(8)7-10;1-4(2)3/h1-7H,11H2;1-3H3. The first-order valence-electron chi connectivity index (χ1n) is 4.95. The number of nitrogens with two attached hydrogens (primary N) is 1. The highest BCUT2D eigenvalue weighted by molar-refractivity contribution is 5.85. The first kappa shape index (κ1) is 11.5. The van der Waals surface area contributed by atoms with Gasteiger partial charge in [0.1, 0.15) is 0 Å². The van der Waals surface area contributed by atoms with E-state index in [0.717, 1.165) is 5.69 Å². The lowest BCUT2D eigenvalue weighted by molar-refractivity contribution is 0.505. The smallest absolute Gasteiger partial charge is 0.0320 e. The molecule has 0 saturated carbocycles. The number of benzene rings is 2. The average Bonchev–Trinajstić information content (AvgIpc) is 2.16. The summed E-state index contributed by atoms with van der Waals surface area (Å²) >= 11 is 0. The molecule has 0 aliphatic carbocycles. The molecule has 2 rings (SSSR count). The van der Waals surface area contributed by atoms with E-state index in [0.29, 0.717) is 0 Å². The van der Waals surface area contributed by atoms with E-state index in [1.54, 1.807) is 0 Å². The van der Waals surface area contributed by atoms with Crippen molar-refractivity contribution < 1.29 is 0 Å². The van der Waals surface area contributed by atoms with Gasteiger partial charge < -0.3 is 10.6 Å². The average molecular weight is 202 g/mol. The molecular formula is C13H18N2. The van der Waals surface area contributed by atoms with Gasteiger partial charge in [-0.05, 0) is 44.0 Å². The molecule has 0 atom stereocenters. The van der Waals surface area contributed by atoms with Crippen LogP contribution < -0.4 is 5.73 Å². The number of rotatable bonds is 0. The maximum Gasteiger partial charge on any atom is 0.0320 e. The van der Waals surface area contributed by atoms with E-state index in [-0.39, 0.29) is 0 Å². The Morgan fingerprint density at radius 2 is 1.40 bits per heavy atom.